The molecule has 30 heavy (non-hydrogen) atoms. The molecule has 1 saturated heterocycles. The Kier molecular flexibility index (Phi) is 5.13. The molecule has 0 atom stereocenters. The number of likely N-dealkylation sites (tertiary alicyclic amines) is 1. The molecule has 1 fully saturated rings. The van der Waals surface area contributed by atoms with Gasteiger partial charge in [0.15, 0.2) is 0 Å². The van der Waals surface area contributed by atoms with Crippen molar-refractivity contribution in [3.63, 3.8) is 0 Å². The molecule has 7 heteroatoms. The Hall–Kier alpha value is -3.09. The third kappa shape index (κ3) is 3.49. The molecule has 0 saturated carbocycles. The molecular weight excluding hydrogens is 384 g/mol. The van der Waals surface area contributed by atoms with Gasteiger partial charge in [0.05, 0.1) is 0 Å². The van der Waals surface area contributed by atoms with Crippen LogP contribution in [-0.2, 0) is 16.0 Å². The molecule has 4 rings (SSSR count). The average Bonchev–Trinajstić information content (AvgIpc) is 2.99. The van der Waals surface area contributed by atoms with Crippen LogP contribution in [0.4, 0.5) is 0 Å². The van der Waals surface area contributed by atoms with E-state index in [1.807, 2.05) is 26.8 Å². The lowest BCUT2D eigenvalue weighted by atomic mass is 9.95. The standard InChI is InChI=1S/C23H26N2O5/c1-12-14(3)29-19-11-20-18(10-17(12)19)13(2)16(23(28)30-20)4-5-21(26)25-8-6-15(7-9-25)22(24)27/h10-11,15H,4-9H2,1-3H3,(H2,24,27). The topological polar surface area (TPSA) is 107 Å². The van der Waals surface area contributed by atoms with Gasteiger partial charge in [0.2, 0.25) is 11.8 Å². The van der Waals surface area contributed by atoms with Crippen molar-refractivity contribution < 1.29 is 18.4 Å². The fraction of sp³-hybridized carbons (Fsp3) is 0.435. The summed E-state index contributed by atoms with van der Waals surface area (Å²) in [6, 6.07) is 3.76. The van der Waals surface area contributed by atoms with Crippen LogP contribution in [0.15, 0.2) is 25.8 Å². The summed E-state index contributed by atoms with van der Waals surface area (Å²) in [5.41, 5.74) is 8.55. The number of nitrogens with two attached hydrogens (primary N) is 1. The maximum Gasteiger partial charge on any atom is 0.339 e. The zero-order valence-corrected chi connectivity index (χ0v) is 17.5. The second kappa shape index (κ2) is 7.63. The number of hydrogen-bond donors (Lipinski definition) is 1. The van der Waals surface area contributed by atoms with Crippen molar-refractivity contribution in [1.82, 2.24) is 4.90 Å². The van der Waals surface area contributed by atoms with Gasteiger partial charge in [-0.3, -0.25) is 9.59 Å². The largest absolute Gasteiger partial charge is 0.461 e. The van der Waals surface area contributed by atoms with Crippen LogP contribution in [0.1, 0.15) is 41.7 Å². The molecule has 158 valence electrons. The van der Waals surface area contributed by atoms with Crippen LogP contribution < -0.4 is 11.4 Å². The fourth-order valence-electron chi connectivity index (χ4n) is 4.32. The van der Waals surface area contributed by atoms with Gasteiger partial charge in [-0.25, -0.2) is 4.79 Å². The first-order chi connectivity index (χ1) is 14.3. The molecule has 0 spiro atoms. The molecule has 1 aliphatic rings. The first-order valence-corrected chi connectivity index (χ1v) is 10.3. The van der Waals surface area contributed by atoms with Crippen LogP contribution in [0.2, 0.25) is 0 Å². The summed E-state index contributed by atoms with van der Waals surface area (Å²) < 4.78 is 11.3. The minimum absolute atomic E-state index is 0.0198. The van der Waals surface area contributed by atoms with Crippen molar-refractivity contribution >= 4 is 33.8 Å². The zero-order valence-electron chi connectivity index (χ0n) is 17.5. The first kappa shape index (κ1) is 20.2. The number of carbonyl (C=O) groups is 2. The zero-order chi connectivity index (χ0) is 21.6. The van der Waals surface area contributed by atoms with E-state index in [2.05, 4.69) is 0 Å². The van der Waals surface area contributed by atoms with E-state index in [1.54, 1.807) is 11.0 Å². The second-order valence-electron chi connectivity index (χ2n) is 8.18. The van der Waals surface area contributed by atoms with Crippen molar-refractivity contribution in [2.24, 2.45) is 11.7 Å². The number of furan rings is 1. The normalized spacial score (nSPS) is 15.2. The summed E-state index contributed by atoms with van der Waals surface area (Å²) in [6.45, 7) is 6.85. The average molecular weight is 410 g/mol. The summed E-state index contributed by atoms with van der Waals surface area (Å²) in [7, 11) is 0. The maximum atomic E-state index is 12.6. The minimum atomic E-state index is -0.417. The first-order valence-electron chi connectivity index (χ1n) is 10.3. The van der Waals surface area contributed by atoms with E-state index in [0.29, 0.717) is 49.1 Å². The number of benzene rings is 1. The van der Waals surface area contributed by atoms with Gasteiger partial charge >= 0.3 is 5.63 Å². The van der Waals surface area contributed by atoms with Gasteiger partial charge in [0.1, 0.15) is 16.9 Å². The summed E-state index contributed by atoms with van der Waals surface area (Å²) in [5, 5.41) is 1.85. The number of amides is 2. The van der Waals surface area contributed by atoms with E-state index in [4.69, 9.17) is 14.6 Å². The Bertz CT molecular complexity index is 1210. The van der Waals surface area contributed by atoms with Crippen molar-refractivity contribution in [1.29, 1.82) is 0 Å². The Labute approximate surface area is 173 Å². The fourth-order valence-corrected chi connectivity index (χ4v) is 4.32. The van der Waals surface area contributed by atoms with Crippen LogP contribution >= 0.6 is 0 Å². The molecular formula is C23H26N2O5. The van der Waals surface area contributed by atoms with E-state index < -0.39 is 5.63 Å². The lowest BCUT2D eigenvalue weighted by Crippen LogP contribution is -2.41. The third-order valence-electron chi connectivity index (χ3n) is 6.42. The van der Waals surface area contributed by atoms with Gasteiger partial charge in [-0.2, -0.15) is 0 Å². The number of nitrogens with zero attached hydrogens (tertiary/aromatic N) is 1. The third-order valence-corrected chi connectivity index (χ3v) is 6.42. The highest BCUT2D eigenvalue weighted by atomic mass is 16.4. The number of fused-ring (bicyclic) bond motifs is 2. The lowest BCUT2D eigenvalue weighted by molar-refractivity contribution is -0.134. The van der Waals surface area contributed by atoms with Crippen molar-refractivity contribution in [3.05, 3.63) is 45.0 Å². The van der Waals surface area contributed by atoms with Gasteiger partial charge < -0.3 is 19.5 Å². The monoisotopic (exact) mass is 410 g/mol. The van der Waals surface area contributed by atoms with Crippen LogP contribution in [0.5, 0.6) is 0 Å². The Morgan fingerprint density at radius 3 is 2.33 bits per heavy atom. The molecule has 0 radical (unpaired) electrons. The SMILES string of the molecule is Cc1oc2cc3oc(=O)c(CCC(=O)N4CCC(C(N)=O)CC4)c(C)c3cc2c1C. The van der Waals surface area contributed by atoms with Gasteiger partial charge in [0, 0.05) is 47.8 Å². The van der Waals surface area contributed by atoms with E-state index in [0.717, 1.165) is 27.7 Å². The number of aryl methyl sites for hydroxylation is 3. The Morgan fingerprint density at radius 2 is 1.67 bits per heavy atom. The number of primary amides is 1. The molecule has 3 aromatic rings. The molecule has 7 nitrogen and oxygen atoms in total. The summed E-state index contributed by atoms with van der Waals surface area (Å²) in [4.78, 5) is 38.3. The number of carbonyl (C=O) groups excluding carboxylic acids is 2. The molecule has 1 aromatic carbocycles. The van der Waals surface area contributed by atoms with Crippen LogP contribution in [0.25, 0.3) is 21.9 Å². The highest BCUT2D eigenvalue weighted by Gasteiger charge is 2.26. The van der Waals surface area contributed by atoms with E-state index in [1.165, 1.54) is 0 Å². The molecule has 2 aromatic heterocycles. The molecule has 2 amide bonds. The van der Waals surface area contributed by atoms with E-state index >= 15 is 0 Å². The van der Waals surface area contributed by atoms with Crippen LogP contribution in [0.3, 0.4) is 0 Å². The van der Waals surface area contributed by atoms with Crippen molar-refractivity contribution in [3.8, 4) is 0 Å². The highest BCUT2D eigenvalue weighted by molar-refractivity contribution is 5.96. The molecule has 3 heterocycles. The smallest absolute Gasteiger partial charge is 0.339 e. The maximum absolute atomic E-state index is 12.6. The Balaban J connectivity index is 1.56. The quantitative estimate of drug-likeness (QED) is 0.665. The van der Waals surface area contributed by atoms with E-state index in [-0.39, 0.29) is 24.2 Å². The van der Waals surface area contributed by atoms with Crippen LogP contribution in [0, 0.1) is 26.7 Å². The predicted octanol–water partition coefficient (Wildman–Crippen LogP) is 3.12. The number of piperidine rings is 1. The summed E-state index contributed by atoms with van der Waals surface area (Å²) >= 11 is 0. The van der Waals surface area contributed by atoms with E-state index in [9.17, 15) is 14.4 Å². The van der Waals surface area contributed by atoms with Crippen molar-refractivity contribution in [2.45, 2.75) is 46.5 Å². The minimum Gasteiger partial charge on any atom is -0.461 e. The second-order valence-corrected chi connectivity index (χ2v) is 8.18. The van der Waals surface area contributed by atoms with Gasteiger partial charge in [-0.15, -0.1) is 0 Å². The summed E-state index contributed by atoms with van der Waals surface area (Å²) in [5.74, 6) is 0.360. The van der Waals surface area contributed by atoms with Gasteiger partial charge in [0.25, 0.3) is 0 Å². The van der Waals surface area contributed by atoms with Crippen LogP contribution in [-0.4, -0.2) is 29.8 Å². The van der Waals surface area contributed by atoms with Crippen molar-refractivity contribution in [2.75, 3.05) is 13.1 Å². The van der Waals surface area contributed by atoms with Gasteiger partial charge in [-0.05, 0) is 57.2 Å². The molecule has 2 N–H and O–H groups in total. The number of rotatable bonds is 4. The highest BCUT2D eigenvalue weighted by Crippen LogP contribution is 2.31. The molecule has 0 bridgehead atoms. The number of hydrogen-bond acceptors (Lipinski definition) is 5. The lowest BCUT2D eigenvalue weighted by Gasteiger charge is -2.30. The Morgan fingerprint density at radius 1 is 1.03 bits per heavy atom. The predicted molar refractivity (Wildman–Crippen MR) is 113 cm³/mol. The molecule has 0 unspecified atom stereocenters. The summed E-state index contributed by atoms with van der Waals surface area (Å²) in [6.07, 6.45) is 1.74. The molecule has 0 aliphatic carbocycles. The van der Waals surface area contributed by atoms with Gasteiger partial charge in [-0.1, -0.05) is 0 Å². The molecule has 1 aliphatic heterocycles.